The maximum Gasteiger partial charge on any atom is 0.159 e. The number of fused-ring (bicyclic) bond motifs is 16. The van der Waals surface area contributed by atoms with Gasteiger partial charge in [-0.25, -0.2) is 0 Å². The molecular formula is C101H69N5O. The molecule has 0 spiro atoms. The summed E-state index contributed by atoms with van der Waals surface area (Å²) in [5.41, 5.74) is 12.1. The van der Waals surface area contributed by atoms with Crippen LogP contribution in [0.2, 0.25) is 0 Å². The summed E-state index contributed by atoms with van der Waals surface area (Å²) in [6.07, 6.45) is 0. The average Bonchev–Trinajstić information content (AvgIpc) is 0.826. The van der Waals surface area contributed by atoms with Crippen molar-refractivity contribution in [1.29, 1.82) is 0 Å². The van der Waals surface area contributed by atoms with Crippen LogP contribution in [0.3, 0.4) is 0 Å². The topological polar surface area (TPSA) is 34.4 Å². The predicted octanol–water partition coefficient (Wildman–Crippen LogP) is 27.6. The summed E-state index contributed by atoms with van der Waals surface area (Å²) >= 11 is 0. The van der Waals surface area contributed by atoms with Crippen molar-refractivity contribution in [3.8, 4) is 61.6 Å². The Kier molecular flexibility index (Phi) is 9.51. The highest BCUT2D eigenvalue weighted by Crippen LogP contribution is 2.64. The first-order valence-corrected chi connectivity index (χ1v) is 35.4. The van der Waals surface area contributed by atoms with E-state index in [1.54, 1.807) is 24.3 Å². The highest BCUT2D eigenvalue weighted by molar-refractivity contribution is 6.17. The zero-order chi connectivity index (χ0) is 89.0. The number of hydrogen-bond acceptors (Lipinski definition) is 3. The van der Waals surface area contributed by atoms with E-state index in [-0.39, 0.29) is 66.1 Å². The van der Waals surface area contributed by atoms with Gasteiger partial charge in [-0.3, -0.25) is 0 Å². The van der Waals surface area contributed by atoms with Gasteiger partial charge >= 0.3 is 0 Å². The quantitative estimate of drug-likeness (QED) is 0.144. The summed E-state index contributed by atoms with van der Waals surface area (Å²) in [6.45, 7) is 6.37. The SMILES string of the molecule is [2H]c1c([2H])c([2H])c(-c2ccc3c(c2)N(c2c(-c4ccccc4)cc(C(C)(C)C)cc2-c2ccccc2)c2cc(-n4c5c([2H])c([2H])c([2H])c([2H])c5c5c([2H])c([2H])c([2H])c([2H])c54)cc4c2C3c2ccc(-n3c5c([2H])c([2H])c([2H])c([2H])c5c5c([2H])c([2H])c([2H])c([2H])c53)cc2N4c2cccc3c2oc2c(-n4c5ccccc5c5cc(-c6ccccc6)ccc54)cccc23)c([2H])c1[2H]. The summed E-state index contributed by atoms with van der Waals surface area (Å²) < 4.78 is 213. The molecule has 20 aromatic rings. The average molecular weight is 1390 g/mol. The van der Waals surface area contributed by atoms with E-state index in [1.807, 2.05) is 157 Å². The Balaban J connectivity index is 0.952. The van der Waals surface area contributed by atoms with Crippen molar-refractivity contribution in [1.82, 2.24) is 13.7 Å². The van der Waals surface area contributed by atoms with Crippen LogP contribution >= 0.6 is 0 Å². The lowest BCUT2D eigenvalue weighted by atomic mass is 9.74. The van der Waals surface area contributed by atoms with Gasteiger partial charge in [-0.05, 0) is 152 Å². The van der Waals surface area contributed by atoms with Gasteiger partial charge in [-0.2, -0.15) is 0 Å². The minimum Gasteiger partial charge on any atom is -0.452 e. The molecule has 0 saturated carbocycles. The third kappa shape index (κ3) is 9.19. The molecule has 0 aliphatic carbocycles. The Bertz CT molecular complexity index is 8160. The lowest BCUT2D eigenvalue weighted by Crippen LogP contribution is -2.30. The van der Waals surface area contributed by atoms with Crippen LogP contribution < -0.4 is 9.80 Å². The van der Waals surface area contributed by atoms with Crippen molar-refractivity contribution >= 4 is 121 Å². The molecule has 1 atom stereocenters. The van der Waals surface area contributed by atoms with Crippen LogP contribution in [0.25, 0.3) is 149 Å². The molecular weight excluding hydrogens is 1300 g/mol. The van der Waals surface area contributed by atoms with Crippen LogP contribution in [-0.2, 0) is 5.41 Å². The summed E-state index contributed by atoms with van der Waals surface area (Å²) in [5.74, 6) is -1.01. The lowest BCUT2D eigenvalue weighted by molar-refractivity contribution is 0.591. The van der Waals surface area contributed by atoms with Crippen molar-refractivity contribution in [3.05, 3.63) is 380 Å². The number of aromatic nitrogens is 3. The number of nitrogens with zero attached hydrogens (tertiary/aromatic N) is 5. The van der Waals surface area contributed by atoms with Gasteiger partial charge < -0.3 is 27.9 Å². The highest BCUT2D eigenvalue weighted by atomic mass is 16.3. The summed E-state index contributed by atoms with van der Waals surface area (Å²) in [7, 11) is 0. The maximum atomic E-state index is 10.2. The molecule has 0 bridgehead atoms. The number of hydrogen-bond donors (Lipinski definition) is 0. The second-order valence-electron chi connectivity index (χ2n) is 28.3. The molecule has 6 heteroatoms. The van der Waals surface area contributed by atoms with Crippen LogP contribution in [-0.4, -0.2) is 13.7 Å². The zero-order valence-corrected chi connectivity index (χ0v) is 57.7. The molecule has 4 aromatic heterocycles. The van der Waals surface area contributed by atoms with E-state index >= 15 is 0 Å². The summed E-state index contributed by atoms with van der Waals surface area (Å²) in [5, 5.41) is 2.53. The van der Waals surface area contributed by atoms with E-state index < -0.39 is 138 Å². The first kappa shape index (κ1) is 43.4. The molecule has 2 aliphatic heterocycles. The van der Waals surface area contributed by atoms with Gasteiger partial charge in [-0.15, -0.1) is 0 Å². The minimum atomic E-state index is -1.01. The Hall–Kier alpha value is -13.7. The molecule has 16 aromatic carbocycles. The second-order valence-corrected chi connectivity index (χ2v) is 28.3. The van der Waals surface area contributed by atoms with Crippen molar-refractivity contribution in [2.45, 2.75) is 32.1 Å². The number of benzene rings is 16. The second kappa shape index (κ2) is 23.4. The van der Waals surface area contributed by atoms with Gasteiger partial charge in [0.05, 0.1) is 107 Å². The lowest BCUT2D eigenvalue weighted by Gasteiger charge is -2.46. The Morgan fingerprint density at radius 1 is 0.290 bits per heavy atom. The van der Waals surface area contributed by atoms with Crippen LogP contribution in [0.5, 0.6) is 0 Å². The highest BCUT2D eigenvalue weighted by Gasteiger charge is 2.44. The van der Waals surface area contributed by atoms with Gasteiger partial charge in [-0.1, -0.05) is 281 Å². The molecule has 6 nitrogen and oxygen atoms in total. The molecule has 0 amide bonds. The molecule has 22 rings (SSSR count). The Labute approximate surface area is 648 Å². The van der Waals surface area contributed by atoms with E-state index in [0.29, 0.717) is 89.6 Å². The largest absolute Gasteiger partial charge is 0.452 e. The fourth-order valence-corrected chi connectivity index (χ4v) is 16.8. The monoisotopic (exact) mass is 1390 g/mol. The molecule has 1 unspecified atom stereocenters. The predicted molar refractivity (Wildman–Crippen MR) is 447 cm³/mol. The van der Waals surface area contributed by atoms with Crippen molar-refractivity contribution in [2.24, 2.45) is 0 Å². The van der Waals surface area contributed by atoms with Crippen molar-refractivity contribution in [2.75, 3.05) is 9.80 Å². The first-order valence-electron chi connectivity index (χ1n) is 45.9. The minimum absolute atomic E-state index is 0.0801. The first-order chi connectivity index (χ1) is 61.5. The van der Waals surface area contributed by atoms with Gasteiger partial charge in [0.25, 0.3) is 0 Å². The molecule has 504 valence electrons. The molecule has 107 heavy (non-hydrogen) atoms. The molecule has 0 saturated heterocycles. The van der Waals surface area contributed by atoms with Gasteiger partial charge in [0.2, 0.25) is 0 Å². The van der Waals surface area contributed by atoms with Crippen LogP contribution in [0.4, 0.5) is 34.1 Å². The number of furan rings is 1. The van der Waals surface area contributed by atoms with Gasteiger partial charge in [0.15, 0.2) is 11.2 Å². The van der Waals surface area contributed by atoms with Crippen LogP contribution in [0.15, 0.2) is 362 Å². The van der Waals surface area contributed by atoms with Crippen molar-refractivity contribution < 1.29 is 33.2 Å². The van der Waals surface area contributed by atoms with E-state index in [4.69, 9.17) is 8.53 Å². The molecule has 6 heterocycles. The number of anilines is 6. The fourth-order valence-electron chi connectivity index (χ4n) is 16.8. The van der Waals surface area contributed by atoms with E-state index in [9.17, 15) is 24.7 Å². The summed E-state index contributed by atoms with van der Waals surface area (Å²) in [4.78, 5) is 4.06. The van der Waals surface area contributed by atoms with Crippen LogP contribution in [0, 0.1) is 0 Å². The van der Waals surface area contributed by atoms with Gasteiger partial charge in [0.1, 0.15) is 0 Å². The van der Waals surface area contributed by atoms with E-state index in [1.165, 1.54) is 9.13 Å². The third-order valence-electron chi connectivity index (χ3n) is 21.5. The van der Waals surface area contributed by atoms with Crippen LogP contribution in [0.1, 0.15) is 77.7 Å². The Morgan fingerprint density at radius 3 is 1.35 bits per heavy atom. The number of para-hydroxylation sites is 7. The zero-order valence-electron chi connectivity index (χ0n) is 78.7. The third-order valence-corrected chi connectivity index (χ3v) is 21.5. The smallest absolute Gasteiger partial charge is 0.159 e. The molecule has 0 N–H and O–H groups in total. The summed E-state index contributed by atoms with van der Waals surface area (Å²) in [6, 6.07) is 62.3. The molecule has 0 radical (unpaired) electrons. The molecule has 0 fully saturated rings. The van der Waals surface area contributed by atoms with Gasteiger partial charge in [0, 0.05) is 71.4 Å². The standard InChI is InChI=1S/C101H69N5O/c1-101(2,3)69-58-81(65-32-12-6-13-33-65)98(82(59-69)66-34-14-7-15-35-66)106-92-57-68(64-30-10-5-11-31-64)50-53-79(92)96-80-54-52-70(102-84-43-21-16-36-72(84)73-37-17-22-44-85(73)102)60-93(80)105(94-61-71(62-95(106)97(94)96)103-86-45-23-18-38-74(86)75-39-19-24-46-87(75)103)91-49-27-42-78-77-41-26-48-90(99(77)107-100(78)91)104-88-47-25-20-40-76(88)83-56-67(51-55-89(83)104)63-28-8-4-9-29-63/h4-62,96H,1-3H3/i5D,10D,11D,16D,17D,18D,19D,21D,22D,23D,24D,30D,31D,36D,37D,38D,39D,43D,44D,45D,46D. The van der Waals surface area contributed by atoms with Crippen molar-refractivity contribution in [3.63, 3.8) is 0 Å². The molecule has 2 aliphatic rings. The van der Waals surface area contributed by atoms with E-state index in [2.05, 4.69) is 84.8 Å². The van der Waals surface area contributed by atoms with E-state index in [0.717, 1.165) is 49.6 Å². The fraction of sp³-hybridized carbons (Fsp3) is 0.0495. The number of rotatable bonds is 9. The normalized spacial score (nSPS) is 16.2. The Morgan fingerprint density at radius 2 is 0.748 bits per heavy atom. The maximum absolute atomic E-state index is 10.2.